The molecule has 0 fully saturated rings. The first-order valence-electron chi connectivity index (χ1n) is 5.34. The summed E-state index contributed by atoms with van der Waals surface area (Å²) >= 11 is 0. The van der Waals surface area contributed by atoms with Gasteiger partial charge in [-0.2, -0.15) is 0 Å². The third kappa shape index (κ3) is 3.90. The Morgan fingerprint density at radius 1 is 1.40 bits per heavy atom. The summed E-state index contributed by atoms with van der Waals surface area (Å²) in [4.78, 5) is 0. The molecule has 1 aromatic rings. The van der Waals surface area contributed by atoms with Crippen LogP contribution in [0, 0.1) is 0 Å². The predicted molar refractivity (Wildman–Crippen MR) is 60.8 cm³/mol. The van der Waals surface area contributed by atoms with E-state index in [1.807, 2.05) is 26.0 Å². The molecule has 0 aliphatic heterocycles. The molecule has 3 heteroatoms. The van der Waals surface area contributed by atoms with E-state index in [1.54, 1.807) is 12.1 Å². The van der Waals surface area contributed by atoms with E-state index in [2.05, 4.69) is 5.32 Å². The van der Waals surface area contributed by atoms with E-state index in [-0.39, 0.29) is 17.9 Å². The summed E-state index contributed by atoms with van der Waals surface area (Å²) in [6, 6.07) is 7.29. The van der Waals surface area contributed by atoms with Crippen molar-refractivity contribution in [2.45, 2.75) is 32.4 Å². The van der Waals surface area contributed by atoms with Crippen molar-refractivity contribution in [3.8, 4) is 5.75 Å². The van der Waals surface area contributed by atoms with E-state index in [4.69, 9.17) is 0 Å². The van der Waals surface area contributed by atoms with Crippen molar-refractivity contribution in [1.29, 1.82) is 0 Å². The highest BCUT2D eigenvalue weighted by molar-refractivity contribution is 5.28. The second-order valence-corrected chi connectivity index (χ2v) is 3.79. The molecule has 2 unspecified atom stereocenters. The zero-order valence-electron chi connectivity index (χ0n) is 9.27. The van der Waals surface area contributed by atoms with E-state index in [0.717, 1.165) is 12.0 Å². The van der Waals surface area contributed by atoms with Crippen LogP contribution >= 0.6 is 0 Å². The van der Waals surface area contributed by atoms with Gasteiger partial charge in [0.15, 0.2) is 0 Å². The number of rotatable bonds is 5. The molecule has 15 heavy (non-hydrogen) atoms. The molecule has 0 spiro atoms. The van der Waals surface area contributed by atoms with Gasteiger partial charge in [0.1, 0.15) is 5.75 Å². The van der Waals surface area contributed by atoms with E-state index in [9.17, 15) is 10.2 Å². The largest absolute Gasteiger partial charge is 0.508 e. The molecule has 0 heterocycles. The van der Waals surface area contributed by atoms with Gasteiger partial charge in [0.05, 0.1) is 6.10 Å². The summed E-state index contributed by atoms with van der Waals surface area (Å²) in [6.45, 7) is 4.54. The Kier molecular flexibility index (Phi) is 4.59. The topological polar surface area (TPSA) is 52.5 Å². The minimum atomic E-state index is -0.301. The number of hydrogen-bond acceptors (Lipinski definition) is 3. The summed E-state index contributed by atoms with van der Waals surface area (Å²) in [6.07, 6.45) is 0.449. The van der Waals surface area contributed by atoms with Crippen LogP contribution in [0.4, 0.5) is 0 Å². The minimum Gasteiger partial charge on any atom is -0.508 e. The lowest BCUT2D eigenvalue weighted by Crippen LogP contribution is -2.28. The molecule has 3 nitrogen and oxygen atoms in total. The fraction of sp³-hybridized carbons (Fsp3) is 0.500. The van der Waals surface area contributed by atoms with Gasteiger partial charge >= 0.3 is 0 Å². The fourth-order valence-corrected chi connectivity index (χ4v) is 1.37. The summed E-state index contributed by atoms with van der Waals surface area (Å²) < 4.78 is 0. The van der Waals surface area contributed by atoms with Crippen molar-refractivity contribution < 1.29 is 10.2 Å². The van der Waals surface area contributed by atoms with Crippen molar-refractivity contribution >= 4 is 0 Å². The maximum atomic E-state index is 9.40. The molecule has 84 valence electrons. The lowest BCUT2D eigenvalue weighted by Gasteiger charge is -2.16. The Hall–Kier alpha value is -1.06. The van der Waals surface area contributed by atoms with Gasteiger partial charge < -0.3 is 15.5 Å². The molecule has 0 saturated heterocycles. The second kappa shape index (κ2) is 5.73. The predicted octanol–water partition coefficient (Wildman–Crippen LogP) is 1.81. The van der Waals surface area contributed by atoms with E-state index < -0.39 is 0 Å². The molecule has 0 aromatic heterocycles. The molecule has 0 aliphatic rings. The van der Waals surface area contributed by atoms with Crippen LogP contribution in [0.25, 0.3) is 0 Å². The van der Waals surface area contributed by atoms with Crippen LogP contribution in [0.3, 0.4) is 0 Å². The Balaban J connectivity index is 2.50. The molecule has 1 rings (SSSR count). The highest BCUT2D eigenvalue weighted by Crippen LogP contribution is 2.17. The van der Waals surface area contributed by atoms with Crippen LogP contribution in [0.1, 0.15) is 31.9 Å². The minimum absolute atomic E-state index is 0.137. The van der Waals surface area contributed by atoms with Gasteiger partial charge in [-0.1, -0.05) is 19.1 Å². The molecule has 0 amide bonds. The van der Waals surface area contributed by atoms with Gasteiger partial charge in [-0.25, -0.2) is 0 Å². The molecule has 2 atom stereocenters. The smallest absolute Gasteiger partial charge is 0.115 e. The molecular formula is C12H19NO2. The normalized spacial score (nSPS) is 14.9. The zero-order valence-corrected chi connectivity index (χ0v) is 9.27. The number of phenolic OH excluding ortho intramolecular Hbond substituents is 1. The maximum absolute atomic E-state index is 9.40. The third-order valence-electron chi connectivity index (χ3n) is 2.50. The molecule has 1 aromatic carbocycles. The number of benzene rings is 1. The first-order valence-corrected chi connectivity index (χ1v) is 5.34. The standard InChI is InChI=1S/C12H19NO2/c1-3-11(14)8-13-9(2)10-5-4-6-12(15)7-10/h4-7,9,11,13-15H,3,8H2,1-2H3. The SMILES string of the molecule is CCC(O)CNC(C)c1cccc(O)c1. The number of phenols is 1. The second-order valence-electron chi connectivity index (χ2n) is 3.79. The summed E-state index contributed by atoms with van der Waals surface area (Å²) in [7, 11) is 0. The quantitative estimate of drug-likeness (QED) is 0.693. The van der Waals surface area contributed by atoms with Gasteiger partial charge in [0, 0.05) is 12.6 Å². The van der Waals surface area contributed by atoms with Crippen LogP contribution < -0.4 is 5.32 Å². The molecule has 0 bridgehead atoms. The Morgan fingerprint density at radius 2 is 2.13 bits per heavy atom. The Bertz CT molecular complexity index is 301. The van der Waals surface area contributed by atoms with Crippen molar-refractivity contribution in [1.82, 2.24) is 5.32 Å². The maximum Gasteiger partial charge on any atom is 0.115 e. The van der Waals surface area contributed by atoms with Crippen LogP contribution in [-0.2, 0) is 0 Å². The van der Waals surface area contributed by atoms with Crippen LogP contribution in [0.5, 0.6) is 5.75 Å². The third-order valence-corrected chi connectivity index (χ3v) is 2.50. The lowest BCUT2D eigenvalue weighted by molar-refractivity contribution is 0.164. The molecule has 0 saturated carbocycles. The van der Waals surface area contributed by atoms with Crippen LogP contribution in [0.2, 0.25) is 0 Å². The highest BCUT2D eigenvalue weighted by Gasteiger charge is 2.07. The average molecular weight is 209 g/mol. The zero-order chi connectivity index (χ0) is 11.3. The number of hydrogen-bond donors (Lipinski definition) is 3. The van der Waals surface area contributed by atoms with Gasteiger partial charge in [0.2, 0.25) is 0 Å². The van der Waals surface area contributed by atoms with Crippen LogP contribution in [0.15, 0.2) is 24.3 Å². The van der Waals surface area contributed by atoms with Gasteiger partial charge in [-0.15, -0.1) is 0 Å². The van der Waals surface area contributed by atoms with E-state index in [0.29, 0.717) is 6.54 Å². The van der Waals surface area contributed by atoms with Crippen molar-refractivity contribution in [3.63, 3.8) is 0 Å². The number of nitrogens with one attached hydrogen (secondary N) is 1. The van der Waals surface area contributed by atoms with Gasteiger partial charge in [-0.3, -0.25) is 0 Å². The summed E-state index contributed by atoms with van der Waals surface area (Å²) in [5.41, 5.74) is 1.03. The summed E-state index contributed by atoms with van der Waals surface area (Å²) in [5, 5.41) is 21.9. The Morgan fingerprint density at radius 3 is 2.73 bits per heavy atom. The monoisotopic (exact) mass is 209 g/mol. The molecular weight excluding hydrogens is 190 g/mol. The highest BCUT2D eigenvalue weighted by atomic mass is 16.3. The number of aromatic hydroxyl groups is 1. The molecule has 0 aliphatic carbocycles. The Labute approximate surface area is 90.8 Å². The van der Waals surface area contributed by atoms with Crippen molar-refractivity contribution in [2.75, 3.05) is 6.54 Å². The first kappa shape index (κ1) is 12.0. The average Bonchev–Trinajstić information content (AvgIpc) is 2.25. The van der Waals surface area contributed by atoms with Crippen LogP contribution in [-0.4, -0.2) is 22.9 Å². The van der Waals surface area contributed by atoms with E-state index >= 15 is 0 Å². The molecule has 0 radical (unpaired) electrons. The van der Waals surface area contributed by atoms with Gasteiger partial charge in [-0.05, 0) is 31.0 Å². The summed E-state index contributed by atoms with van der Waals surface area (Å²) in [5.74, 6) is 0.275. The van der Waals surface area contributed by atoms with Gasteiger partial charge in [0.25, 0.3) is 0 Å². The fourth-order valence-electron chi connectivity index (χ4n) is 1.37. The van der Waals surface area contributed by atoms with E-state index in [1.165, 1.54) is 0 Å². The number of aliphatic hydroxyl groups is 1. The first-order chi connectivity index (χ1) is 7.13. The lowest BCUT2D eigenvalue weighted by atomic mass is 10.1. The van der Waals surface area contributed by atoms with Crippen molar-refractivity contribution in [3.05, 3.63) is 29.8 Å². The molecule has 3 N–H and O–H groups in total. The van der Waals surface area contributed by atoms with Crippen molar-refractivity contribution in [2.24, 2.45) is 0 Å². The number of aliphatic hydroxyl groups excluding tert-OH is 1.